The van der Waals surface area contributed by atoms with Crippen molar-refractivity contribution in [1.82, 2.24) is 9.97 Å². The number of pyridine rings is 2. The Balaban J connectivity index is 2.12. The van der Waals surface area contributed by atoms with Crippen LogP contribution in [0.2, 0.25) is 0 Å². The highest BCUT2D eigenvalue weighted by Crippen LogP contribution is 2.26. The number of nitrogens with one attached hydrogen (secondary N) is 1. The molecule has 0 bridgehead atoms. The summed E-state index contributed by atoms with van der Waals surface area (Å²) in [5, 5.41) is 13.8. The largest absolute Gasteiger partial charge is 0.478 e. The van der Waals surface area contributed by atoms with E-state index in [2.05, 4.69) is 15.3 Å². The van der Waals surface area contributed by atoms with Gasteiger partial charge in [-0.2, -0.15) is 0 Å². The highest BCUT2D eigenvalue weighted by atomic mass is 16.4. The second-order valence-electron chi connectivity index (χ2n) is 4.75. The van der Waals surface area contributed by atoms with Crippen LogP contribution in [0.4, 0.5) is 11.5 Å². The van der Waals surface area contributed by atoms with Gasteiger partial charge in [-0.25, -0.2) is 9.78 Å². The van der Waals surface area contributed by atoms with E-state index < -0.39 is 5.97 Å². The number of carboxylic acids is 1. The number of rotatable bonds is 3. The molecular weight excluding hydrogens is 266 g/mol. The number of benzene rings is 1. The standard InChI is InChI=1S/C16H13N3O2/c1-10-6-11(8-17-7-10)19-15-13-5-3-2-4-12(13)14(9-18-15)16(20)21/h2-9H,1H3,(H,18,19)(H,20,21). The first-order chi connectivity index (χ1) is 10.1. The lowest BCUT2D eigenvalue weighted by Gasteiger charge is -2.10. The van der Waals surface area contributed by atoms with Gasteiger partial charge in [0.15, 0.2) is 0 Å². The molecule has 0 radical (unpaired) electrons. The zero-order valence-electron chi connectivity index (χ0n) is 11.4. The topological polar surface area (TPSA) is 75.1 Å². The average molecular weight is 279 g/mol. The summed E-state index contributed by atoms with van der Waals surface area (Å²) < 4.78 is 0. The van der Waals surface area contributed by atoms with Crippen LogP contribution >= 0.6 is 0 Å². The van der Waals surface area contributed by atoms with Gasteiger partial charge in [-0.15, -0.1) is 0 Å². The van der Waals surface area contributed by atoms with Crippen LogP contribution in [0.5, 0.6) is 0 Å². The molecule has 3 rings (SSSR count). The smallest absolute Gasteiger partial charge is 0.337 e. The van der Waals surface area contributed by atoms with Crippen molar-refractivity contribution in [3.8, 4) is 0 Å². The van der Waals surface area contributed by atoms with Crippen LogP contribution in [0, 0.1) is 6.92 Å². The van der Waals surface area contributed by atoms with Crippen molar-refractivity contribution >= 4 is 28.2 Å². The molecule has 104 valence electrons. The number of nitrogens with zero attached hydrogens (tertiary/aromatic N) is 2. The molecule has 0 fully saturated rings. The zero-order valence-corrected chi connectivity index (χ0v) is 11.4. The third-order valence-corrected chi connectivity index (χ3v) is 3.16. The number of anilines is 2. The van der Waals surface area contributed by atoms with Crippen molar-refractivity contribution in [2.45, 2.75) is 6.92 Å². The molecule has 2 N–H and O–H groups in total. The predicted molar refractivity (Wildman–Crippen MR) is 81.0 cm³/mol. The summed E-state index contributed by atoms with van der Waals surface area (Å²) >= 11 is 0. The maximum absolute atomic E-state index is 11.3. The van der Waals surface area contributed by atoms with E-state index in [4.69, 9.17) is 0 Å². The Morgan fingerprint density at radius 3 is 2.62 bits per heavy atom. The van der Waals surface area contributed by atoms with Gasteiger partial charge in [0, 0.05) is 23.2 Å². The summed E-state index contributed by atoms with van der Waals surface area (Å²) in [6, 6.07) is 9.25. The summed E-state index contributed by atoms with van der Waals surface area (Å²) in [7, 11) is 0. The minimum absolute atomic E-state index is 0.193. The fourth-order valence-corrected chi connectivity index (χ4v) is 2.22. The highest BCUT2D eigenvalue weighted by molar-refractivity contribution is 6.06. The Morgan fingerprint density at radius 2 is 1.90 bits per heavy atom. The van der Waals surface area contributed by atoms with Crippen LogP contribution < -0.4 is 5.32 Å². The normalized spacial score (nSPS) is 10.5. The van der Waals surface area contributed by atoms with Gasteiger partial charge in [-0.05, 0) is 18.6 Å². The van der Waals surface area contributed by atoms with Crippen LogP contribution in [0.3, 0.4) is 0 Å². The van der Waals surface area contributed by atoms with E-state index in [1.807, 2.05) is 31.2 Å². The minimum Gasteiger partial charge on any atom is -0.478 e. The Kier molecular flexibility index (Phi) is 3.23. The highest BCUT2D eigenvalue weighted by Gasteiger charge is 2.12. The van der Waals surface area contributed by atoms with Crippen LogP contribution in [-0.2, 0) is 0 Å². The summed E-state index contributed by atoms with van der Waals surface area (Å²) in [4.78, 5) is 19.6. The van der Waals surface area contributed by atoms with E-state index >= 15 is 0 Å². The van der Waals surface area contributed by atoms with Gasteiger partial charge in [0.1, 0.15) is 5.82 Å². The van der Waals surface area contributed by atoms with Crippen molar-refractivity contribution in [3.05, 3.63) is 60.0 Å². The lowest BCUT2D eigenvalue weighted by molar-refractivity contribution is 0.0698. The van der Waals surface area contributed by atoms with Crippen molar-refractivity contribution in [2.75, 3.05) is 5.32 Å². The molecule has 0 aliphatic rings. The molecule has 5 nitrogen and oxygen atoms in total. The van der Waals surface area contributed by atoms with Crippen LogP contribution in [-0.4, -0.2) is 21.0 Å². The van der Waals surface area contributed by atoms with E-state index in [-0.39, 0.29) is 5.56 Å². The molecule has 0 saturated heterocycles. The monoisotopic (exact) mass is 279 g/mol. The Morgan fingerprint density at radius 1 is 1.14 bits per heavy atom. The van der Waals surface area contributed by atoms with Gasteiger partial charge >= 0.3 is 5.97 Å². The van der Waals surface area contributed by atoms with Gasteiger partial charge in [-0.3, -0.25) is 4.98 Å². The number of hydrogen-bond donors (Lipinski definition) is 2. The van der Waals surface area contributed by atoms with E-state index in [0.29, 0.717) is 11.2 Å². The molecule has 0 amide bonds. The number of aromatic carboxylic acids is 1. The van der Waals surface area contributed by atoms with Crippen LogP contribution in [0.25, 0.3) is 10.8 Å². The molecule has 1 aromatic carbocycles. The Hall–Kier alpha value is -2.95. The van der Waals surface area contributed by atoms with Crippen molar-refractivity contribution in [3.63, 3.8) is 0 Å². The number of carbonyl (C=O) groups is 1. The number of fused-ring (bicyclic) bond motifs is 1. The first-order valence-corrected chi connectivity index (χ1v) is 6.45. The molecule has 0 spiro atoms. The van der Waals surface area contributed by atoms with Crippen LogP contribution in [0.15, 0.2) is 48.9 Å². The minimum atomic E-state index is -0.984. The van der Waals surface area contributed by atoms with Crippen molar-refractivity contribution in [1.29, 1.82) is 0 Å². The number of hydrogen-bond acceptors (Lipinski definition) is 4. The van der Waals surface area contributed by atoms with Gasteiger partial charge in [0.05, 0.1) is 17.4 Å². The van der Waals surface area contributed by atoms with E-state index in [0.717, 1.165) is 16.6 Å². The average Bonchev–Trinajstić information content (AvgIpc) is 2.47. The maximum atomic E-state index is 11.3. The zero-order chi connectivity index (χ0) is 14.8. The Labute approximate surface area is 121 Å². The lowest BCUT2D eigenvalue weighted by Crippen LogP contribution is -2.02. The van der Waals surface area contributed by atoms with E-state index in [1.165, 1.54) is 6.20 Å². The molecule has 2 aromatic heterocycles. The summed E-state index contributed by atoms with van der Waals surface area (Å²) in [5.41, 5.74) is 2.04. The maximum Gasteiger partial charge on any atom is 0.337 e. The number of aromatic nitrogens is 2. The molecule has 0 aliphatic carbocycles. The molecule has 5 heteroatoms. The molecule has 0 atom stereocenters. The fourth-order valence-electron chi connectivity index (χ4n) is 2.22. The molecule has 0 saturated carbocycles. The second kappa shape index (κ2) is 5.20. The van der Waals surface area contributed by atoms with Crippen molar-refractivity contribution in [2.24, 2.45) is 0 Å². The number of aryl methyl sites for hydroxylation is 1. The fraction of sp³-hybridized carbons (Fsp3) is 0.0625. The Bertz CT molecular complexity index is 831. The van der Waals surface area contributed by atoms with Gasteiger partial charge in [0.25, 0.3) is 0 Å². The molecule has 2 heterocycles. The third kappa shape index (κ3) is 2.53. The van der Waals surface area contributed by atoms with E-state index in [9.17, 15) is 9.90 Å². The van der Waals surface area contributed by atoms with Gasteiger partial charge in [0.2, 0.25) is 0 Å². The molecule has 0 unspecified atom stereocenters. The quantitative estimate of drug-likeness (QED) is 0.768. The van der Waals surface area contributed by atoms with Gasteiger partial charge in [-0.1, -0.05) is 24.3 Å². The second-order valence-corrected chi connectivity index (χ2v) is 4.75. The number of carboxylic acid groups (broad SMARTS) is 1. The lowest BCUT2D eigenvalue weighted by atomic mass is 10.1. The summed E-state index contributed by atoms with van der Waals surface area (Å²) in [6.07, 6.45) is 4.84. The molecule has 21 heavy (non-hydrogen) atoms. The summed E-state index contributed by atoms with van der Waals surface area (Å²) in [6.45, 7) is 1.96. The van der Waals surface area contributed by atoms with Crippen LogP contribution in [0.1, 0.15) is 15.9 Å². The third-order valence-electron chi connectivity index (χ3n) is 3.16. The summed E-state index contributed by atoms with van der Waals surface area (Å²) in [5.74, 6) is -0.370. The molecular formula is C16H13N3O2. The predicted octanol–water partition coefficient (Wildman–Crippen LogP) is 3.38. The molecule has 0 aliphatic heterocycles. The SMILES string of the molecule is Cc1cncc(Nc2ncc(C(=O)O)c3ccccc23)c1. The van der Waals surface area contributed by atoms with Crippen molar-refractivity contribution < 1.29 is 9.90 Å². The first kappa shape index (κ1) is 13.1. The van der Waals surface area contributed by atoms with E-state index in [1.54, 1.807) is 18.5 Å². The van der Waals surface area contributed by atoms with Gasteiger partial charge < -0.3 is 10.4 Å². The molecule has 3 aromatic rings. The first-order valence-electron chi connectivity index (χ1n) is 6.45.